The van der Waals surface area contributed by atoms with E-state index in [-0.39, 0.29) is 5.75 Å². The smallest absolute Gasteiger partial charge is 0.313 e. The van der Waals surface area contributed by atoms with Gasteiger partial charge in [0.25, 0.3) is 0 Å². The van der Waals surface area contributed by atoms with Crippen LogP contribution in [0.15, 0.2) is 54.6 Å². The third kappa shape index (κ3) is 4.35. The van der Waals surface area contributed by atoms with E-state index in [1.807, 2.05) is 36.4 Å². The molecular weight excluding hydrogens is 308 g/mol. The predicted molar refractivity (Wildman–Crippen MR) is 92.0 cm³/mol. The average molecular weight is 330 g/mol. The molecule has 3 nitrogen and oxygen atoms in total. The molecule has 0 spiro atoms. The maximum absolute atomic E-state index is 12.4. The summed E-state index contributed by atoms with van der Waals surface area (Å²) in [5.74, 6) is 0.800. The summed E-state index contributed by atoms with van der Waals surface area (Å²) in [4.78, 5) is 0. The Labute approximate surface area is 138 Å². The standard InChI is InChI=1S/C19H22O3S/c20-23(21,15-16-9-3-1-4-10-16)22-19-14-8-7-13-18(19)17-11-5-2-6-12-17/h1,3-4,7-10,13-14,17H,2,5-6,11-12,15H2. The molecule has 122 valence electrons. The lowest BCUT2D eigenvalue weighted by Gasteiger charge is -2.23. The Morgan fingerprint density at radius 2 is 1.52 bits per heavy atom. The Bertz CT molecular complexity index is 732. The molecule has 2 aromatic rings. The summed E-state index contributed by atoms with van der Waals surface area (Å²) in [5, 5.41) is 0. The molecule has 1 aliphatic carbocycles. The monoisotopic (exact) mass is 330 g/mol. The molecule has 0 radical (unpaired) electrons. The molecule has 3 rings (SSSR count). The molecule has 0 aliphatic heterocycles. The van der Waals surface area contributed by atoms with Gasteiger partial charge in [-0.15, -0.1) is 0 Å². The predicted octanol–water partition coefficient (Wildman–Crippen LogP) is 4.64. The Hall–Kier alpha value is -1.81. The summed E-state index contributed by atoms with van der Waals surface area (Å²) < 4.78 is 30.2. The van der Waals surface area contributed by atoms with E-state index in [9.17, 15) is 8.42 Å². The van der Waals surface area contributed by atoms with Crippen molar-refractivity contribution in [3.8, 4) is 5.75 Å². The molecule has 23 heavy (non-hydrogen) atoms. The van der Waals surface area contributed by atoms with Crippen molar-refractivity contribution < 1.29 is 12.6 Å². The third-order valence-electron chi connectivity index (χ3n) is 4.37. The minimum atomic E-state index is -3.65. The average Bonchev–Trinajstić information content (AvgIpc) is 2.56. The van der Waals surface area contributed by atoms with Crippen molar-refractivity contribution >= 4 is 10.1 Å². The van der Waals surface area contributed by atoms with Crippen molar-refractivity contribution in [1.82, 2.24) is 0 Å². The van der Waals surface area contributed by atoms with Crippen LogP contribution < -0.4 is 4.18 Å². The van der Waals surface area contributed by atoms with Gasteiger partial charge in [-0.1, -0.05) is 67.8 Å². The highest BCUT2D eigenvalue weighted by Crippen LogP contribution is 2.37. The first-order chi connectivity index (χ1) is 11.1. The van der Waals surface area contributed by atoms with Crippen molar-refractivity contribution in [3.63, 3.8) is 0 Å². The van der Waals surface area contributed by atoms with E-state index in [4.69, 9.17) is 4.18 Å². The largest absolute Gasteiger partial charge is 0.382 e. The van der Waals surface area contributed by atoms with Crippen molar-refractivity contribution in [3.05, 3.63) is 65.7 Å². The first kappa shape index (κ1) is 16.1. The van der Waals surface area contributed by atoms with Gasteiger partial charge in [-0.05, 0) is 36.0 Å². The summed E-state index contributed by atoms with van der Waals surface area (Å²) >= 11 is 0. The molecule has 0 atom stereocenters. The van der Waals surface area contributed by atoms with Gasteiger partial charge >= 0.3 is 10.1 Å². The van der Waals surface area contributed by atoms with E-state index < -0.39 is 10.1 Å². The molecule has 0 saturated heterocycles. The van der Waals surface area contributed by atoms with Gasteiger partial charge in [0.2, 0.25) is 0 Å². The van der Waals surface area contributed by atoms with Crippen LogP contribution in [0.25, 0.3) is 0 Å². The minimum absolute atomic E-state index is 0.104. The van der Waals surface area contributed by atoms with E-state index in [1.165, 1.54) is 19.3 Å². The number of hydrogen-bond acceptors (Lipinski definition) is 3. The zero-order valence-corrected chi connectivity index (χ0v) is 14.0. The van der Waals surface area contributed by atoms with Crippen LogP contribution in [0.3, 0.4) is 0 Å². The van der Waals surface area contributed by atoms with E-state index in [2.05, 4.69) is 0 Å². The number of hydrogen-bond donors (Lipinski definition) is 0. The second-order valence-corrected chi connectivity index (χ2v) is 7.71. The van der Waals surface area contributed by atoms with Gasteiger partial charge in [-0.3, -0.25) is 0 Å². The summed E-state index contributed by atoms with van der Waals surface area (Å²) in [6.07, 6.45) is 5.90. The quantitative estimate of drug-likeness (QED) is 0.750. The van der Waals surface area contributed by atoms with Crippen LogP contribution >= 0.6 is 0 Å². The number of benzene rings is 2. The molecule has 4 heteroatoms. The topological polar surface area (TPSA) is 43.4 Å². The second-order valence-electron chi connectivity index (χ2n) is 6.14. The Kier molecular flexibility index (Phi) is 5.01. The van der Waals surface area contributed by atoms with E-state index in [1.54, 1.807) is 18.2 Å². The van der Waals surface area contributed by atoms with Gasteiger partial charge in [0.1, 0.15) is 11.5 Å². The number of para-hydroxylation sites is 1. The molecule has 1 saturated carbocycles. The minimum Gasteiger partial charge on any atom is -0.382 e. The van der Waals surface area contributed by atoms with Gasteiger partial charge in [-0.25, -0.2) is 0 Å². The zero-order valence-electron chi connectivity index (χ0n) is 13.1. The maximum atomic E-state index is 12.4. The first-order valence-electron chi connectivity index (χ1n) is 8.19. The lowest BCUT2D eigenvalue weighted by atomic mass is 9.84. The molecule has 0 bridgehead atoms. The van der Waals surface area contributed by atoms with Crippen LogP contribution in [-0.4, -0.2) is 8.42 Å². The summed E-state index contributed by atoms with van der Waals surface area (Å²) in [7, 11) is -3.65. The van der Waals surface area contributed by atoms with Gasteiger partial charge < -0.3 is 4.18 Å². The molecule has 0 aromatic heterocycles. The van der Waals surface area contributed by atoms with Crippen molar-refractivity contribution in [2.24, 2.45) is 0 Å². The Morgan fingerprint density at radius 1 is 0.870 bits per heavy atom. The van der Waals surface area contributed by atoms with Crippen LogP contribution in [0, 0.1) is 0 Å². The fourth-order valence-corrected chi connectivity index (χ4v) is 4.34. The van der Waals surface area contributed by atoms with Gasteiger partial charge in [-0.2, -0.15) is 8.42 Å². The highest BCUT2D eigenvalue weighted by atomic mass is 32.2. The van der Waals surface area contributed by atoms with E-state index in [0.717, 1.165) is 24.0 Å². The van der Waals surface area contributed by atoms with Crippen LogP contribution in [0.4, 0.5) is 0 Å². The lowest BCUT2D eigenvalue weighted by Crippen LogP contribution is -2.14. The van der Waals surface area contributed by atoms with Crippen LogP contribution in [0.2, 0.25) is 0 Å². The lowest BCUT2D eigenvalue weighted by molar-refractivity contribution is 0.428. The molecule has 2 aromatic carbocycles. The zero-order chi connectivity index (χ0) is 16.1. The van der Waals surface area contributed by atoms with Crippen molar-refractivity contribution in [2.45, 2.75) is 43.8 Å². The number of rotatable bonds is 5. The van der Waals surface area contributed by atoms with E-state index in [0.29, 0.717) is 11.7 Å². The summed E-state index contributed by atoms with van der Waals surface area (Å²) in [6.45, 7) is 0. The van der Waals surface area contributed by atoms with Gasteiger partial charge in [0.15, 0.2) is 0 Å². The molecule has 0 heterocycles. The van der Waals surface area contributed by atoms with Gasteiger partial charge in [0.05, 0.1) is 0 Å². The first-order valence-corrected chi connectivity index (χ1v) is 9.77. The van der Waals surface area contributed by atoms with Gasteiger partial charge in [0, 0.05) is 0 Å². The van der Waals surface area contributed by atoms with E-state index >= 15 is 0 Å². The maximum Gasteiger partial charge on any atom is 0.313 e. The highest BCUT2D eigenvalue weighted by molar-refractivity contribution is 7.86. The van der Waals surface area contributed by atoms with Crippen LogP contribution in [0.1, 0.15) is 49.1 Å². The fraction of sp³-hybridized carbons (Fsp3) is 0.368. The molecule has 0 unspecified atom stereocenters. The Morgan fingerprint density at radius 3 is 2.26 bits per heavy atom. The van der Waals surface area contributed by atoms with Crippen molar-refractivity contribution in [2.75, 3.05) is 0 Å². The summed E-state index contributed by atoms with van der Waals surface area (Å²) in [6, 6.07) is 16.7. The molecule has 0 N–H and O–H groups in total. The third-order valence-corrected chi connectivity index (χ3v) is 5.49. The summed E-state index contributed by atoms with van der Waals surface area (Å²) in [5.41, 5.74) is 1.77. The Balaban J connectivity index is 1.79. The van der Waals surface area contributed by atoms with Crippen molar-refractivity contribution in [1.29, 1.82) is 0 Å². The van der Waals surface area contributed by atoms with Crippen LogP contribution in [-0.2, 0) is 15.9 Å². The normalized spacial score (nSPS) is 16.2. The SMILES string of the molecule is O=S(=O)(Cc1ccccc1)Oc1ccccc1C1CCCCC1. The fourth-order valence-electron chi connectivity index (χ4n) is 3.25. The molecule has 1 aliphatic rings. The highest BCUT2D eigenvalue weighted by Gasteiger charge is 2.22. The molecular formula is C19H22O3S. The second kappa shape index (κ2) is 7.18. The molecule has 0 amide bonds. The molecule has 1 fully saturated rings. The van der Waals surface area contributed by atoms with Crippen LogP contribution in [0.5, 0.6) is 5.75 Å².